The van der Waals surface area contributed by atoms with Gasteiger partial charge in [0.25, 0.3) is 5.91 Å². The van der Waals surface area contributed by atoms with Gasteiger partial charge in [-0.15, -0.1) is 13.2 Å². The first-order chi connectivity index (χ1) is 26.4. The van der Waals surface area contributed by atoms with E-state index in [1.165, 1.54) is 11.0 Å². The summed E-state index contributed by atoms with van der Waals surface area (Å²) in [4.78, 5) is 66.5. The summed E-state index contributed by atoms with van der Waals surface area (Å²) in [5.74, 6) is -1.78. The molecule has 3 aliphatic rings. The second kappa shape index (κ2) is 16.8. The number of ether oxygens (including phenoxy) is 3. The maximum Gasteiger partial charge on any atom is 0.408 e. The lowest BCUT2D eigenvalue weighted by Crippen LogP contribution is -2.58. The van der Waals surface area contributed by atoms with Crippen LogP contribution in [0.3, 0.4) is 0 Å². The molecule has 0 unspecified atom stereocenters. The summed E-state index contributed by atoms with van der Waals surface area (Å²) in [6.07, 6.45) is 6.54. The molecule has 0 radical (unpaired) electrons. The third-order valence-corrected chi connectivity index (χ3v) is 12.8. The van der Waals surface area contributed by atoms with Crippen molar-refractivity contribution >= 4 is 44.9 Å². The van der Waals surface area contributed by atoms with Gasteiger partial charge in [-0.05, 0) is 84.8 Å². The van der Waals surface area contributed by atoms with E-state index in [1.54, 1.807) is 53.0 Å². The van der Waals surface area contributed by atoms with Gasteiger partial charge in [0.1, 0.15) is 40.8 Å². The zero-order valence-electron chi connectivity index (χ0n) is 33.3. The number of allylic oxidation sites excluding steroid dienone is 1. The molecule has 1 aromatic carbocycles. The van der Waals surface area contributed by atoms with E-state index in [-0.39, 0.29) is 31.7 Å². The van der Waals surface area contributed by atoms with Gasteiger partial charge in [0.15, 0.2) is 0 Å². The fourth-order valence-electron chi connectivity index (χ4n) is 6.88. The number of alkyl carbamates (subject to hydrolysis) is 1. The molecule has 1 aromatic heterocycles. The quantitative estimate of drug-likeness (QED) is 0.141. The minimum atomic E-state index is -4.01. The number of hydrogen-bond donors (Lipinski definition) is 3. The van der Waals surface area contributed by atoms with Crippen molar-refractivity contribution in [2.75, 3.05) is 13.7 Å². The van der Waals surface area contributed by atoms with Crippen LogP contribution in [0.25, 0.3) is 11.0 Å². The molecular weight excluding hydrogens is 741 g/mol. The van der Waals surface area contributed by atoms with Gasteiger partial charge in [-0.1, -0.05) is 31.9 Å². The molecule has 2 saturated carbocycles. The fourth-order valence-corrected chi connectivity index (χ4v) is 8.19. The Bertz CT molecular complexity index is 1960. The van der Waals surface area contributed by atoms with Crippen molar-refractivity contribution in [1.29, 1.82) is 0 Å². The summed E-state index contributed by atoms with van der Waals surface area (Å²) in [6.45, 7) is 16.1. The zero-order chi connectivity index (χ0) is 41.1. The number of benzene rings is 1. The normalized spacial score (nSPS) is 23.0. The van der Waals surface area contributed by atoms with E-state index in [0.717, 1.165) is 19.3 Å². The summed E-state index contributed by atoms with van der Waals surface area (Å²) < 4.78 is 44.6. The third kappa shape index (κ3) is 9.61. The second-order valence-corrected chi connectivity index (χ2v) is 18.4. The van der Waals surface area contributed by atoms with Crippen molar-refractivity contribution < 1.29 is 41.8 Å². The van der Waals surface area contributed by atoms with Crippen LogP contribution in [0.4, 0.5) is 4.79 Å². The van der Waals surface area contributed by atoms with Gasteiger partial charge >= 0.3 is 6.09 Å². The van der Waals surface area contributed by atoms with E-state index in [2.05, 4.69) is 28.5 Å². The van der Waals surface area contributed by atoms with Crippen LogP contribution >= 0.6 is 0 Å². The van der Waals surface area contributed by atoms with Gasteiger partial charge in [0.05, 0.1) is 29.4 Å². The minimum absolute atomic E-state index is 0.00384. The van der Waals surface area contributed by atoms with Crippen molar-refractivity contribution in [1.82, 2.24) is 30.2 Å². The van der Waals surface area contributed by atoms with Crippen molar-refractivity contribution in [3.05, 3.63) is 49.2 Å². The molecule has 15 nitrogen and oxygen atoms in total. The summed E-state index contributed by atoms with van der Waals surface area (Å²) in [5.41, 5.74) is -0.666. The van der Waals surface area contributed by atoms with Gasteiger partial charge in [-0.25, -0.2) is 23.2 Å². The predicted molar refractivity (Wildman–Crippen MR) is 210 cm³/mol. The number of methoxy groups -OCH3 is 1. The molecule has 2 aliphatic carbocycles. The molecule has 0 spiro atoms. The Hall–Kier alpha value is -4.73. The summed E-state index contributed by atoms with van der Waals surface area (Å²) in [5, 5.41) is 5.54. The zero-order valence-corrected chi connectivity index (χ0v) is 34.1. The van der Waals surface area contributed by atoms with Crippen LogP contribution in [0.2, 0.25) is 0 Å². The SMILES string of the molecule is C=CCCCCC[C@H](NC(=O)OC(C)(C)C)C(=O)N1C[C@H](Oc2nc3cc(OC)ccc3nc2CC)C[C@H]1C(=O)N[C@]1(C(=O)NS(=O)(=O)C2(C)CC2)C[C@H]1C=C. The van der Waals surface area contributed by atoms with Crippen LogP contribution in [0.15, 0.2) is 43.5 Å². The standard InChI is InChI=1S/C40H56N6O9S/c1-9-12-13-14-15-16-30(43-37(50)55-38(4,5)6)35(48)46-24-27(54-34-28(11-3)41-29-18-17-26(53-8)21-31(29)42-34)22-32(46)33(47)44-40(23-25(40)10-2)36(49)45-56(51,52)39(7)19-20-39/h9-10,17-18,21,25,27,30,32H,1-2,11-16,19-20,22-24H2,3-8H3,(H,43,50)(H,44,47)(H,45,49)/t25-,27-,30+,32+,40-/m1/s1. The Morgan fingerprint density at radius 2 is 1.82 bits per heavy atom. The molecule has 3 N–H and O–H groups in total. The number of hydrogen-bond acceptors (Lipinski definition) is 11. The van der Waals surface area contributed by atoms with Crippen molar-refractivity contribution in [3.63, 3.8) is 0 Å². The lowest BCUT2D eigenvalue weighted by molar-refractivity contribution is -0.141. The summed E-state index contributed by atoms with van der Waals surface area (Å²) in [6, 6.07) is 3.10. The molecule has 5 atom stereocenters. The topological polar surface area (TPSA) is 195 Å². The Morgan fingerprint density at radius 3 is 2.43 bits per heavy atom. The number of rotatable bonds is 18. The van der Waals surface area contributed by atoms with Gasteiger partial charge in [-0.3, -0.25) is 19.1 Å². The van der Waals surface area contributed by atoms with E-state index in [0.29, 0.717) is 48.2 Å². The molecule has 1 saturated heterocycles. The first kappa shape index (κ1) is 42.4. The second-order valence-electron chi connectivity index (χ2n) is 16.2. The van der Waals surface area contributed by atoms with Crippen molar-refractivity contribution in [2.45, 2.75) is 133 Å². The number of nitrogens with one attached hydrogen (secondary N) is 3. The molecular formula is C40H56N6O9S. The maximum atomic E-state index is 14.6. The fraction of sp³-hybridized carbons (Fsp3) is 0.600. The monoisotopic (exact) mass is 796 g/mol. The number of aryl methyl sites for hydroxylation is 1. The summed E-state index contributed by atoms with van der Waals surface area (Å²) >= 11 is 0. The number of carbonyl (C=O) groups is 4. The average molecular weight is 797 g/mol. The maximum absolute atomic E-state index is 14.6. The van der Waals surface area contributed by atoms with Crippen LogP contribution in [0.1, 0.15) is 98.1 Å². The van der Waals surface area contributed by atoms with Crippen LogP contribution < -0.4 is 24.8 Å². The Morgan fingerprint density at radius 1 is 1.09 bits per heavy atom. The number of sulfonamides is 1. The number of unbranched alkanes of at least 4 members (excludes halogenated alkanes) is 3. The lowest BCUT2D eigenvalue weighted by atomic mass is 10.0. The number of amides is 4. The van der Waals surface area contributed by atoms with E-state index in [4.69, 9.17) is 24.2 Å². The highest BCUT2D eigenvalue weighted by Crippen LogP contribution is 2.47. The molecule has 4 amide bonds. The Balaban J connectivity index is 1.45. The Labute approximate surface area is 329 Å². The molecule has 5 rings (SSSR count). The number of fused-ring (bicyclic) bond motifs is 1. The highest BCUT2D eigenvalue weighted by atomic mass is 32.2. The number of carbonyl (C=O) groups excluding carboxylic acids is 4. The molecule has 16 heteroatoms. The van der Waals surface area contributed by atoms with E-state index >= 15 is 0 Å². The largest absolute Gasteiger partial charge is 0.497 e. The van der Waals surface area contributed by atoms with E-state index < -0.39 is 73.8 Å². The van der Waals surface area contributed by atoms with Crippen molar-refractivity contribution in [2.24, 2.45) is 5.92 Å². The van der Waals surface area contributed by atoms with Gasteiger partial charge < -0.3 is 29.7 Å². The third-order valence-electron chi connectivity index (χ3n) is 10.6. The molecule has 0 bridgehead atoms. The van der Waals surface area contributed by atoms with Crippen LogP contribution in [0, 0.1) is 5.92 Å². The molecule has 2 heterocycles. The van der Waals surface area contributed by atoms with Crippen LogP contribution in [-0.2, 0) is 35.6 Å². The van der Waals surface area contributed by atoms with Gasteiger partial charge in [-0.2, -0.15) is 0 Å². The first-order valence-electron chi connectivity index (χ1n) is 19.3. The first-order valence-corrected chi connectivity index (χ1v) is 20.8. The lowest BCUT2D eigenvalue weighted by Gasteiger charge is -2.30. The molecule has 56 heavy (non-hydrogen) atoms. The van der Waals surface area contributed by atoms with Gasteiger partial charge in [0, 0.05) is 18.4 Å². The van der Waals surface area contributed by atoms with Crippen LogP contribution in [0.5, 0.6) is 11.6 Å². The minimum Gasteiger partial charge on any atom is -0.497 e. The highest BCUT2D eigenvalue weighted by Gasteiger charge is 2.63. The molecule has 3 fully saturated rings. The van der Waals surface area contributed by atoms with E-state index in [1.807, 2.05) is 13.0 Å². The van der Waals surface area contributed by atoms with Crippen LogP contribution in [-0.4, -0.2) is 94.8 Å². The van der Waals surface area contributed by atoms with Crippen molar-refractivity contribution in [3.8, 4) is 11.6 Å². The molecule has 1 aliphatic heterocycles. The average Bonchev–Trinajstić information content (AvgIpc) is 4.03. The number of nitrogens with zero attached hydrogens (tertiary/aromatic N) is 3. The van der Waals surface area contributed by atoms with E-state index in [9.17, 15) is 27.6 Å². The number of aromatic nitrogens is 2. The molecule has 306 valence electrons. The number of likely N-dealkylation sites (tertiary alicyclic amines) is 1. The molecule has 2 aromatic rings. The highest BCUT2D eigenvalue weighted by molar-refractivity contribution is 7.91. The Kier molecular flexibility index (Phi) is 12.7. The predicted octanol–water partition coefficient (Wildman–Crippen LogP) is 4.64. The smallest absolute Gasteiger partial charge is 0.408 e. The van der Waals surface area contributed by atoms with Gasteiger partial charge in [0.2, 0.25) is 27.7 Å². The summed E-state index contributed by atoms with van der Waals surface area (Å²) in [7, 11) is -2.46.